The Morgan fingerprint density at radius 2 is 2.25 bits per heavy atom. The van der Waals surface area contributed by atoms with E-state index in [0.717, 1.165) is 42.8 Å². The van der Waals surface area contributed by atoms with E-state index in [9.17, 15) is 4.79 Å². The molecule has 1 atom stereocenters. The fourth-order valence-corrected chi connectivity index (χ4v) is 2.49. The van der Waals surface area contributed by atoms with Crippen LogP contribution in [0.2, 0.25) is 0 Å². The second-order valence-corrected chi connectivity index (χ2v) is 5.04. The average molecular weight is 270 g/mol. The number of nitrogens with zero attached hydrogens (tertiary/aromatic N) is 1. The van der Waals surface area contributed by atoms with Crippen LogP contribution in [0.25, 0.3) is 11.3 Å². The maximum Gasteiger partial charge on any atom is 0.241 e. The first-order valence-corrected chi connectivity index (χ1v) is 6.97. The molecule has 0 radical (unpaired) electrons. The van der Waals surface area contributed by atoms with Gasteiger partial charge in [-0.15, -0.1) is 0 Å². The van der Waals surface area contributed by atoms with Crippen molar-refractivity contribution in [3.05, 3.63) is 36.5 Å². The van der Waals surface area contributed by atoms with Gasteiger partial charge in [-0.25, -0.2) is 0 Å². The van der Waals surface area contributed by atoms with Crippen LogP contribution in [0.4, 0.5) is 5.69 Å². The number of nitrogens with one attached hydrogen (secondary N) is 3. The molecule has 104 valence electrons. The largest absolute Gasteiger partial charge is 0.325 e. The molecule has 1 aliphatic heterocycles. The maximum atomic E-state index is 12.2. The van der Waals surface area contributed by atoms with Crippen LogP contribution in [-0.2, 0) is 4.79 Å². The van der Waals surface area contributed by atoms with Gasteiger partial charge < -0.3 is 10.6 Å². The zero-order valence-electron chi connectivity index (χ0n) is 11.2. The third kappa shape index (κ3) is 2.88. The van der Waals surface area contributed by atoms with E-state index < -0.39 is 0 Å². The number of aromatic amines is 1. The summed E-state index contributed by atoms with van der Waals surface area (Å²) in [4.78, 5) is 12.2. The van der Waals surface area contributed by atoms with Gasteiger partial charge in [0.25, 0.3) is 0 Å². The molecule has 3 N–H and O–H groups in total. The van der Waals surface area contributed by atoms with Crippen molar-refractivity contribution in [2.45, 2.75) is 25.3 Å². The normalized spacial score (nSPS) is 18.7. The molecular weight excluding hydrogens is 252 g/mol. The van der Waals surface area contributed by atoms with Gasteiger partial charge in [-0.3, -0.25) is 9.89 Å². The molecule has 2 aromatic rings. The fourth-order valence-electron chi connectivity index (χ4n) is 2.49. The molecule has 1 aromatic carbocycles. The molecule has 3 rings (SSSR count). The van der Waals surface area contributed by atoms with E-state index in [4.69, 9.17) is 0 Å². The lowest BCUT2D eigenvalue weighted by molar-refractivity contribution is -0.118. The van der Waals surface area contributed by atoms with Gasteiger partial charge in [0.05, 0.1) is 11.7 Å². The Morgan fingerprint density at radius 3 is 3.00 bits per heavy atom. The lowest BCUT2D eigenvalue weighted by Gasteiger charge is -2.22. The molecule has 1 aliphatic rings. The van der Waals surface area contributed by atoms with Crippen molar-refractivity contribution in [1.29, 1.82) is 0 Å². The molecule has 20 heavy (non-hydrogen) atoms. The average Bonchev–Trinajstić information content (AvgIpc) is 3.03. The number of benzene rings is 1. The van der Waals surface area contributed by atoms with Crippen LogP contribution in [0.3, 0.4) is 0 Å². The molecule has 0 saturated carbocycles. The summed E-state index contributed by atoms with van der Waals surface area (Å²) < 4.78 is 0. The van der Waals surface area contributed by atoms with Crippen LogP contribution in [0.1, 0.15) is 19.3 Å². The van der Waals surface area contributed by atoms with E-state index in [1.807, 2.05) is 30.3 Å². The topological polar surface area (TPSA) is 69.8 Å². The number of hydrogen-bond donors (Lipinski definition) is 3. The summed E-state index contributed by atoms with van der Waals surface area (Å²) in [6, 6.07) is 9.61. The van der Waals surface area contributed by atoms with E-state index in [0.29, 0.717) is 0 Å². The summed E-state index contributed by atoms with van der Waals surface area (Å²) in [5.41, 5.74) is 2.77. The van der Waals surface area contributed by atoms with Gasteiger partial charge in [-0.05, 0) is 37.6 Å². The van der Waals surface area contributed by atoms with Gasteiger partial charge in [0, 0.05) is 17.4 Å². The second-order valence-electron chi connectivity index (χ2n) is 5.04. The second kappa shape index (κ2) is 5.88. The first-order chi connectivity index (χ1) is 9.83. The third-order valence-corrected chi connectivity index (χ3v) is 3.57. The van der Waals surface area contributed by atoms with Crippen LogP contribution < -0.4 is 10.6 Å². The van der Waals surface area contributed by atoms with Crippen molar-refractivity contribution < 1.29 is 4.79 Å². The number of piperidine rings is 1. The lowest BCUT2D eigenvalue weighted by atomic mass is 10.0. The molecule has 2 heterocycles. The summed E-state index contributed by atoms with van der Waals surface area (Å²) in [6.07, 6.45) is 4.89. The Morgan fingerprint density at radius 1 is 1.30 bits per heavy atom. The van der Waals surface area contributed by atoms with Gasteiger partial charge in [0.1, 0.15) is 0 Å². The van der Waals surface area contributed by atoms with E-state index in [-0.39, 0.29) is 11.9 Å². The number of carbonyl (C=O) groups excluding carboxylic acids is 1. The standard InChI is InChI=1S/C15H18N4O/c20-15(14-6-1-2-8-16-14)18-12-5-3-4-11(10-12)13-7-9-17-19-13/h3-5,7,9-10,14,16H,1-2,6,8H2,(H,17,19)(H,18,20)/t14-/m1/s1. The molecule has 0 aliphatic carbocycles. The molecule has 1 saturated heterocycles. The first-order valence-electron chi connectivity index (χ1n) is 6.97. The van der Waals surface area contributed by atoms with E-state index in [1.165, 1.54) is 0 Å². The number of anilines is 1. The van der Waals surface area contributed by atoms with Crippen LogP contribution >= 0.6 is 0 Å². The molecule has 5 nitrogen and oxygen atoms in total. The van der Waals surface area contributed by atoms with Crippen molar-refractivity contribution in [2.24, 2.45) is 0 Å². The third-order valence-electron chi connectivity index (χ3n) is 3.57. The fraction of sp³-hybridized carbons (Fsp3) is 0.333. The van der Waals surface area contributed by atoms with Crippen molar-refractivity contribution in [3.63, 3.8) is 0 Å². The molecular formula is C15H18N4O. The summed E-state index contributed by atoms with van der Waals surface area (Å²) >= 11 is 0. The zero-order chi connectivity index (χ0) is 13.8. The predicted molar refractivity (Wildman–Crippen MR) is 78.3 cm³/mol. The van der Waals surface area contributed by atoms with E-state index >= 15 is 0 Å². The highest BCUT2D eigenvalue weighted by Gasteiger charge is 2.20. The molecule has 1 amide bonds. The molecule has 0 bridgehead atoms. The summed E-state index contributed by atoms with van der Waals surface area (Å²) in [7, 11) is 0. The van der Waals surface area contributed by atoms with Crippen LogP contribution in [0, 0.1) is 0 Å². The van der Waals surface area contributed by atoms with Crippen LogP contribution in [0.15, 0.2) is 36.5 Å². The van der Waals surface area contributed by atoms with Crippen molar-refractivity contribution in [3.8, 4) is 11.3 Å². The number of H-pyrrole nitrogens is 1. The van der Waals surface area contributed by atoms with Crippen LogP contribution in [0.5, 0.6) is 0 Å². The minimum Gasteiger partial charge on any atom is -0.325 e. The first kappa shape index (κ1) is 12.9. The highest BCUT2D eigenvalue weighted by atomic mass is 16.2. The zero-order valence-corrected chi connectivity index (χ0v) is 11.2. The SMILES string of the molecule is O=C(Nc1cccc(-c2ccn[nH]2)c1)[C@H]1CCCCN1. The number of aromatic nitrogens is 2. The summed E-state index contributed by atoms with van der Waals surface area (Å²) in [5.74, 6) is 0.0476. The number of amides is 1. The van der Waals surface area contributed by atoms with Crippen molar-refractivity contribution in [2.75, 3.05) is 11.9 Å². The van der Waals surface area contributed by atoms with Gasteiger partial charge in [-0.2, -0.15) is 5.10 Å². The van der Waals surface area contributed by atoms with Gasteiger partial charge in [0.15, 0.2) is 0 Å². The molecule has 1 fully saturated rings. The summed E-state index contributed by atoms with van der Waals surface area (Å²) in [6.45, 7) is 0.923. The number of hydrogen-bond acceptors (Lipinski definition) is 3. The Bertz CT molecular complexity index is 573. The van der Waals surface area contributed by atoms with E-state index in [2.05, 4.69) is 20.8 Å². The molecule has 0 spiro atoms. The highest BCUT2D eigenvalue weighted by Crippen LogP contribution is 2.20. The van der Waals surface area contributed by atoms with E-state index in [1.54, 1.807) is 6.20 Å². The van der Waals surface area contributed by atoms with Gasteiger partial charge in [0.2, 0.25) is 5.91 Å². The minimum atomic E-state index is -0.0699. The van der Waals surface area contributed by atoms with Crippen molar-refractivity contribution in [1.82, 2.24) is 15.5 Å². The Kier molecular flexibility index (Phi) is 3.78. The summed E-state index contributed by atoms with van der Waals surface area (Å²) in [5, 5.41) is 13.1. The Hall–Kier alpha value is -2.14. The van der Waals surface area contributed by atoms with Crippen molar-refractivity contribution >= 4 is 11.6 Å². The Balaban J connectivity index is 1.71. The highest BCUT2D eigenvalue weighted by molar-refractivity contribution is 5.95. The quantitative estimate of drug-likeness (QED) is 0.800. The van der Waals surface area contributed by atoms with Crippen LogP contribution in [-0.4, -0.2) is 28.7 Å². The minimum absolute atomic E-state index is 0.0476. The predicted octanol–water partition coefficient (Wildman–Crippen LogP) is 2.16. The Labute approximate surface area is 117 Å². The van der Waals surface area contributed by atoms with Gasteiger partial charge in [-0.1, -0.05) is 18.6 Å². The van der Waals surface area contributed by atoms with Gasteiger partial charge >= 0.3 is 0 Å². The smallest absolute Gasteiger partial charge is 0.241 e. The molecule has 1 aromatic heterocycles. The molecule has 0 unspecified atom stereocenters. The number of rotatable bonds is 3. The lowest BCUT2D eigenvalue weighted by Crippen LogP contribution is -2.43. The molecule has 5 heteroatoms. The maximum absolute atomic E-state index is 12.2. The monoisotopic (exact) mass is 270 g/mol. The number of carbonyl (C=O) groups is 1.